The number of carbonyl (C=O) groups excluding carboxylic acids is 2. The van der Waals surface area contributed by atoms with Crippen molar-refractivity contribution in [1.29, 1.82) is 0 Å². The lowest BCUT2D eigenvalue weighted by Gasteiger charge is -2.30. The summed E-state index contributed by atoms with van der Waals surface area (Å²) in [6.45, 7) is 1.69. The molecule has 0 saturated heterocycles. The van der Waals surface area contributed by atoms with E-state index in [4.69, 9.17) is 0 Å². The van der Waals surface area contributed by atoms with Gasteiger partial charge in [-0.15, -0.1) is 0 Å². The van der Waals surface area contributed by atoms with Crippen LogP contribution in [0.2, 0.25) is 0 Å². The van der Waals surface area contributed by atoms with E-state index in [1.54, 1.807) is 18.2 Å². The largest absolute Gasteiger partial charge is 0.278 e. The quantitative estimate of drug-likeness (QED) is 0.737. The Balaban J connectivity index is 2.12. The highest BCUT2D eigenvalue weighted by atomic mass is 79.9. The van der Waals surface area contributed by atoms with Gasteiger partial charge in [0, 0.05) is 4.47 Å². The molecule has 2 amide bonds. The van der Waals surface area contributed by atoms with Crippen molar-refractivity contribution in [3.8, 4) is 0 Å². The summed E-state index contributed by atoms with van der Waals surface area (Å²) < 4.78 is 14.6. The zero-order valence-corrected chi connectivity index (χ0v) is 12.0. The van der Waals surface area contributed by atoms with Crippen molar-refractivity contribution in [3.05, 3.63) is 40.3 Å². The molecule has 1 aromatic carbocycles. The molecule has 3 rings (SSSR count). The van der Waals surface area contributed by atoms with E-state index in [-0.39, 0.29) is 12.5 Å². The van der Waals surface area contributed by atoms with Crippen LogP contribution in [-0.4, -0.2) is 29.2 Å². The van der Waals surface area contributed by atoms with Gasteiger partial charge in [0.2, 0.25) is 11.9 Å². The molecule has 2 aliphatic heterocycles. The van der Waals surface area contributed by atoms with Gasteiger partial charge in [0.15, 0.2) is 0 Å². The number of halogens is 2. The second-order valence-electron chi connectivity index (χ2n) is 4.47. The maximum atomic E-state index is 13.7. The fourth-order valence-corrected chi connectivity index (χ4v) is 2.36. The SMILES string of the molecule is Cc1cc(N2C(=O)C=C(F)N3CC(=O)N=C32)ccc1Br. The molecule has 102 valence electrons. The second-order valence-corrected chi connectivity index (χ2v) is 5.32. The summed E-state index contributed by atoms with van der Waals surface area (Å²) in [5.41, 5.74) is 1.46. The van der Waals surface area contributed by atoms with Crippen LogP contribution >= 0.6 is 15.9 Å². The van der Waals surface area contributed by atoms with Crippen LogP contribution in [0.15, 0.2) is 39.7 Å². The van der Waals surface area contributed by atoms with Crippen molar-refractivity contribution >= 4 is 39.4 Å². The maximum absolute atomic E-state index is 13.7. The molecule has 0 unspecified atom stereocenters. The van der Waals surface area contributed by atoms with E-state index in [9.17, 15) is 14.0 Å². The Labute approximate surface area is 122 Å². The minimum atomic E-state index is -0.760. The Bertz CT molecular complexity index is 699. The first kappa shape index (κ1) is 13.0. The van der Waals surface area contributed by atoms with Gasteiger partial charge in [0.25, 0.3) is 11.8 Å². The summed E-state index contributed by atoms with van der Waals surface area (Å²) in [5.74, 6) is -1.78. The monoisotopic (exact) mass is 337 g/mol. The van der Waals surface area contributed by atoms with E-state index < -0.39 is 17.8 Å². The Kier molecular flexibility index (Phi) is 2.93. The summed E-state index contributed by atoms with van der Waals surface area (Å²) >= 11 is 3.37. The van der Waals surface area contributed by atoms with E-state index in [1.807, 2.05) is 6.92 Å². The first-order valence-corrected chi connectivity index (χ1v) is 6.63. The number of rotatable bonds is 1. The fourth-order valence-electron chi connectivity index (χ4n) is 2.11. The highest BCUT2D eigenvalue weighted by Crippen LogP contribution is 2.29. The van der Waals surface area contributed by atoms with Gasteiger partial charge in [-0.3, -0.25) is 14.5 Å². The molecular formula is C13H9BrFN3O2. The van der Waals surface area contributed by atoms with Gasteiger partial charge in [-0.1, -0.05) is 15.9 Å². The Morgan fingerprint density at radius 1 is 1.35 bits per heavy atom. The molecule has 1 aromatic rings. The Morgan fingerprint density at radius 3 is 2.80 bits per heavy atom. The number of hydrogen-bond donors (Lipinski definition) is 0. The van der Waals surface area contributed by atoms with Gasteiger partial charge < -0.3 is 0 Å². The van der Waals surface area contributed by atoms with Crippen LogP contribution in [0.3, 0.4) is 0 Å². The van der Waals surface area contributed by atoms with Gasteiger partial charge >= 0.3 is 0 Å². The number of hydrogen-bond acceptors (Lipinski definition) is 3. The van der Waals surface area contributed by atoms with E-state index in [1.165, 1.54) is 4.90 Å². The molecule has 0 spiro atoms. The number of benzene rings is 1. The molecule has 0 atom stereocenters. The van der Waals surface area contributed by atoms with Crippen molar-refractivity contribution in [2.45, 2.75) is 6.92 Å². The number of anilines is 1. The van der Waals surface area contributed by atoms with Gasteiger partial charge in [0.05, 0.1) is 11.8 Å². The third kappa shape index (κ3) is 1.94. The highest BCUT2D eigenvalue weighted by molar-refractivity contribution is 9.10. The maximum Gasteiger partial charge on any atom is 0.269 e. The summed E-state index contributed by atoms with van der Waals surface area (Å²) in [7, 11) is 0. The van der Waals surface area contributed by atoms with E-state index in [0.717, 1.165) is 21.0 Å². The molecule has 0 radical (unpaired) electrons. The molecule has 0 fully saturated rings. The summed E-state index contributed by atoms with van der Waals surface area (Å²) in [4.78, 5) is 29.5. The Hall–Kier alpha value is -2.02. The molecule has 0 N–H and O–H groups in total. The summed E-state index contributed by atoms with van der Waals surface area (Å²) in [6.07, 6.45) is 0.856. The number of aryl methyl sites for hydroxylation is 1. The standard InChI is InChI=1S/C13H9BrFN3O2/c1-7-4-8(2-3-9(7)14)18-12(20)5-10(15)17-6-11(19)16-13(17)18/h2-5H,6H2,1H3. The van der Waals surface area contributed by atoms with E-state index in [2.05, 4.69) is 20.9 Å². The van der Waals surface area contributed by atoms with Crippen LogP contribution in [-0.2, 0) is 9.59 Å². The van der Waals surface area contributed by atoms with Crippen molar-refractivity contribution in [2.75, 3.05) is 11.4 Å². The number of aliphatic imine (C=N–C) groups is 1. The molecule has 5 nitrogen and oxygen atoms in total. The van der Waals surface area contributed by atoms with Gasteiger partial charge in [0.1, 0.15) is 6.54 Å². The van der Waals surface area contributed by atoms with Crippen molar-refractivity contribution in [2.24, 2.45) is 4.99 Å². The average Bonchev–Trinajstić information content (AvgIpc) is 2.75. The first-order chi connectivity index (χ1) is 9.47. The zero-order valence-electron chi connectivity index (χ0n) is 10.4. The third-order valence-corrected chi connectivity index (χ3v) is 3.97. The number of carbonyl (C=O) groups is 2. The molecule has 0 bridgehead atoms. The van der Waals surface area contributed by atoms with Gasteiger partial charge in [-0.05, 0) is 30.7 Å². The van der Waals surface area contributed by atoms with Crippen molar-refractivity contribution < 1.29 is 14.0 Å². The van der Waals surface area contributed by atoms with Gasteiger partial charge in [-0.2, -0.15) is 9.38 Å². The zero-order chi connectivity index (χ0) is 14.4. The summed E-state index contributed by atoms with van der Waals surface area (Å²) in [6, 6.07) is 5.26. The van der Waals surface area contributed by atoms with E-state index >= 15 is 0 Å². The van der Waals surface area contributed by atoms with E-state index in [0.29, 0.717) is 5.69 Å². The van der Waals surface area contributed by atoms with Crippen LogP contribution < -0.4 is 4.90 Å². The summed E-state index contributed by atoms with van der Waals surface area (Å²) in [5, 5.41) is 0. The smallest absolute Gasteiger partial charge is 0.269 e. The number of guanidine groups is 1. The lowest BCUT2D eigenvalue weighted by Crippen LogP contribution is -2.47. The number of nitrogens with zero attached hydrogens (tertiary/aromatic N) is 3. The predicted octanol–water partition coefficient (Wildman–Crippen LogP) is 2.11. The molecular weight excluding hydrogens is 329 g/mol. The number of amides is 2. The van der Waals surface area contributed by atoms with Crippen molar-refractivity contribution in [1.82, 2.24) is 4.90 Å². The molecule has 7 heteroatoms. The third-order valence-electron chi connectivity index (χ3n) is 3.08. The molecule has 20 heavy (non-hydrogen) atoms. The van der Waals surface area contributed by atoms with Crippen molar-refractivity contribution in [3.63, 3.8) is 0 Å². The highest BCUT2D eigenvalue weighted by Gasteiger charge is 2.38. The molecule has 0 aliphatic carbocycles. The normalized spacial score (nSPS) is 18.1. The van der Waals surface area contributed by atoms with Crippen LogP contribution in [0.5, 0.6) is 0 Å². The van der Waals surface area contributed by atoms with Gasteiger partial charge in [-0.25, -0.2) is 4.90 Å². The van der Waals surface area contributed by atoms with Crippen LogP contribution in [0.25, 0.3) is 0 Å². The Morgan fingerprint density at radius 2 is 2.10 bits per heavy atom. The molecule has 2 aliphatic rings. The number of fused-ring (bicyclic) bond motifs is 1. The minimum Gasteiger partial charge on any atom is -0.278 e. The molecule has 2 heterocycles. The van der Waals surface area contributed by atoms with Crippen LogP contribution in [0.4, 0.5) is 10.1 Å². The molecule has 0 aromatic heterocycles. The lowest BCUT2D eigenvalue weighted by atomic mass is 10.2. The average molecular weight is 338 g/mol. The van der Waals surface area contributed by atoms with Crippen LogP contribution in [0, 0.1) is 6.92 Å². The fraction of sp³-hybridized carbons (Fsp3) is 0.154. The predicted molar refractivity (Wildman–Crippen MR) is 74.7 cm³/mol. The molecule has 0 saturated carbocycles. The topological polar surface area (TPSA) is 53.0 Å². The lowest BCUT2D eigenvalue weighted by molar-refractivity contribution is -0.117. The second kappa shape index (κ2) is 4.52. The van der Waals surface area contributed by atoms with Crippen LogP contribution in [0.1, 0.15) is 5.56 Å². The first-order valence-electron chi connectivity index (χ1n) is 5.84. The minimum absolute atomic E-state index is 0.0155.